The van der Waals surface area contributed by atoms with Crippen molar-refractivity contribution in [1.29, 1.82) is 0 Å². The average molecular weight is 435 g/mol. The molecule has 0 saturated heterocycles. The van der Waals surface area contributed by atoms with Gasteiger partial charge >= 0.3 is 0 Å². The van der Waals surface area contributed by atoms with Gasteiger partial charge in [0, 0.05) is 42.6 Å². The van der Waals surface area contributed by atoms with Crippen LogP contribution in [0.4, 0.5) is 5.69 Å². The first-order valence-corrected chi connectivity index (χ1v) is 12.0. The van der Waals surface area contributed by atoms with Gasteiger partial charge in [0.05, 0.1) is 5.56 Å². The van der Waals surface area contributed by atoms with Crippen molar-refractivity contribution in [2.45, 2.75) is 76.4 Å². The molecule has 2 amide bonds. The van der Waals surface area contributed by atoms with Gasteiger partial charge in [0.2, 0.25) is 5.91 Å². The van der Waals surface area contributed by atoms with Crippen molar-refractivity contribution in [3.05, 3.63) is 59.9 Å². The Morgan fingerprint density at radius 3 is 2.38 bits per heavy atom. The molecule has 2 atom stereocenters. The van der Waals surface area contributed by atoms with Crippen molar-refractivity contribution >= 4 is 17.5 Å². The molecule has 170 valence electrons. The maximum Gasteiger partial charge on any atom is 0.257 e. The number of hydrogen-bond acceptors (Lipinski definition) is 4. The summed E-state index contributed by atoms with van der Waals surface area (Å²) >= 11 is 0. The van der Waals surface area contributed by atoms with Gasteiger partial charge in [-0.1, -0.05) is 44.2 Å². The van der Waals surface area contributed by atoms with Gasteiger partial charge < -0.3 is 16.0 Å². The van der Waals surface area contributed by atoms with Crippen LogP contribution in [0.1, 0.15) is 73.7 Å². The summed E-state index contributed by atoms with van der Waals surface area (Å²) in [6.07, 6.45) is 13.0. The molecule has 32 heavy (non-hydrogen) atoms. The van der Waals surface area contributed by atoms with Crippen LogP contribution in [0.3, 0.4) is 0 Å². The van der Waals surface area contributed by atoms with Crippen LogP contribution in [0.15, 0.2) is 48.8 Å². The molecule has 0 radical (unpaired) electrons. The van der Waals surface area contributed by atoms with Crippen molar-refractivity contribution in [3.63, 3.8) is 0 Å². The SMILES string of the molecule is NC1CCCCC1N(Cc1ccc(NC(=O)c2cccnc2)cc1)C(=O)C1CCCCC1. The molecule has 2 aliphatic rings. The van der Waals surface area contributed by atoms with Gasteiger partial charge in [-0.25, -0.2) is 0 Å². The van der Waals surface area contributed by atoms with E-state index in [2.05, 4.69) is 15.2 Å². The van der Waals surface area contributed by atoms with Gasteiger partial charge in [-0.2, -0.15) is 0 Å². The number of hydrogen-bond donors (Lipinski definition) is 2. The number of amides is 2. The zero-order valence-corrected chi connectivity index (χ0v) is 18.7. The third-order valence-electron chi connectivity index (χ3n) is 6.91. The number of anilines is 1. The summed E-state index contributed by atoms with van der Waals surface area (Å²) in [5.74, 6) is 0.227. The number of carbonyl (C=O) groups is 2. The van der Waals surface area contributed by atoms with Crippen molar-refractivity contribution < 1.29 is 9.59 Å². The molecule has 2 aliphatic carbocycles. The zero-order chi connectivity index (χ0) is 22.3. The van der Waals surface area contributed by atoms with E-state index in [4.69, 9.17) is 5.73 Å². The minimum Gasteiger partial charge on any atom is -0.334 e. The van der Waals surface area contributed by atoms with Gasteiger partial charge in [0.1, 0.15) is 0 Å². The molecule has 6 nitrogen and oxygen atoms in total. The molecule has 2 aromatic rings. The van der Waals surface area contributed by atoms with Crippen molar-refractivity contribution in [3.8, 4) is 0 Å². The number of pyridine rings is 1. The predicted octanol–water partition coefficient (Wildman–Crippen LogP) is 4.51. The topological polar surface area (TPSA) is 88.3 Å². The summed E-state index contributed by atoms with van der Waals surface area (Å²) in [5, 5.41) is 2.90. The fourth-order valence-electron chi connectivity index (χ4n) is 5.06. The lowest BCUT2D eigenvalue weighted by Gasteiger charge is -2.40. The number of nitrogens with two attached hydrogens (primary N) is 1. The van der Waals surface area contributed by atoms with Gasteiger partial charge in [-0.15, -0.1) is 0 Å². The Kier molecular flexibility index (Phi) is 7.53. The van der Waals surface area contributed by atoms with Crippen LogP contribution >= 0.6 is 0 Å². The highest BCUT2D eigenvalue weighted by Crippen LogP contribution is 2.30. The van der Waals surface area contributed by atoms with E-state index in [0.717, 1.165) is 62.6 Å². The molecule has 3 N–H and O–H groups in total. The van der Waals surface area contributed by atoms with Crippen LogP contribution in [-0.4, -0.2) is 33.8 Å². The fourth-order valence-corrected chi connectivity index (χ4v) is 5.06. The third kappa shape index (κ3) is 5.54. The molecule has 1 aromatic carbocycles. The van der Waals surface area contributed by atoms with Gasteiger partial charge in [-0.05, 0) is 55.5 Å². The standard InChI is InChI=1S/C26H34N4O2/c27-23-10-4-5-11-24(23)30(26(32)20-7-2-1-3-8-20)18-19-12-14-22(15-13-19)29-25(31)21-9-6-16-28-17-21/h6,9,12-17,20,23-24H,1-5,7-8,10-11,18,27H2,(H,29,31). The second kappa shape index (κ2) is 10.7. The second-order valence-electron chi connectivity index (χ2n) is 9.21. The first-order chi connectivity index (χ1) is 15.6. The largest absolute Gasteiger partial charge is 0.334 e. The van der Waals surface area contributed by atoms with E-state index < -0.39 is 0 Å². The monoisotopic (exact) mass is 434 g/mol. The third-order valence-corrected chi connectivity index (χ3v) is 6.91. The highest BCUT2D eigenvalue weighted by molar-refractivity contribution is 6.04. The smallest absolute Gasteiger partial charge is 0.257 e. The Morgan fingerprint density at radius 1 is 0.969 bits per heavy atom. The van der Waals surface area contributed by atoms with E-state index in [-0.39, 0.29) is 29.8 Å². The van der Waals surface area contributed by atoms with E-state index in [0.29, 0.717) is 12.1 Å². The molecule has 2 unspecified atom stereocenters. The Morgan fingerprint density at radius 2 is 1.69 bits per heavy atom. The van der Waals surface area contributed by atoms with Crippen LogP contribution in [0.2, 0.25) is 0 Å². The number of rotatable bonds is 6. The molecule has 0 bridgehead atoms. The lowest BCUT2D eigenvalue weighted by atomic mass is 9.85. The molecule has 1 heterocycles. The Balaban J connectivity index is 1.46. The molecular formula is C26H34N4O2. The second-order valence-corrected chi connectivity index (χ2v) is 9.21. The summed E-state index contributed by atoms with van der Waals surface area (Å²) < 4.78 is 0. The summed E-state index contributed by atoms with van der Waals surface area (Å²) in [6.45, 7) is 0.574. The van der Waals surface area contributed by atoms with Gasteiger partial charge in [-0.3, -0.25) is 14.6 Å². The summed E-state index contributed by atoms with van der Waals surface area (Å²) in [5.41, 5.74) is 8.79. The first-order valence-electron chi connectivity index (χ1n) is 12.0. The first kappa shape index (κ1) is 22.5. The summed E-state index contributed by atoms with van der Waals surface area (Å²) in [4.78, 5) is 32.0. The highest BCUT2D eigenvalue weighted by Gasteiger charge is 2.34. The molecule has 2 fully saturated rings. The van der Waals surface area contributed by atoms with Crippen molar-refractivity contribution in [2.24, 2.45) is 11.7 Å². The Bertz CT molecular complexity index is 894. The quantitative estimate of drug-likeness (QED) is 0.700. The van der Waals surface area contributed by atoms with Gasteiger partial charge in [0.25, 0.3) is 5.91 Å². The lowest BCUT2D eigenvalue weighted by molar-refractivity contribution is -0.141. The molecular weight excluding hydrogens is 400 g/mol. The van der Waals surface area contributed by atoms with E-state index in [9.17, 15) is 9.59 Å². The normalized spacial score (nSPS) is 21.7. The molecule has 1 aromatic heterocycles. The molecule has 2 saturated carbocycles. The summed E-state index contributed by atoms with van der Waals surface area (Å²) in [6, 6.07) is 11.4. The summed E-state index contributed by atoms with van der Waals surface area (Å²) in [7, 11) is 0. The van der Waals surface area contributed by atoms with Crippen LogP contribution in [0.5, 0.6) is 0 Å². The minimum absolute atomic E-state index is 0.0503. The number of nitrogens with one attached hydrogen (secondary N) is 1. The van der Waals surface area contributed by atoms with E-state index in [1.54, 1.807) is 24.5 Å². The maximum atomic E-state index is 13.5. The molecule has 0 aliphatic heterocycles. The number of carbonyl (C=O) groups excluding carboxylic acids is 2. The van der Waals surface area contributed by atoms with E-state index in [1.165, 1.54) is 6.42 Å². The van der Waals surface area contributed by atoms with Gasteiger partial charge in [0.15, 0.2) is 0 Å². The minimum atomic E-state index is -0.187. The zero-order valence-electron chi connectivity index (χ0n) is 18.7. The van der Waals surface area contributed by atoms with Crippen LogP contribution < -0.4 is 11.1 Å². The number of aromatic nitrogens is 1. The van der Waals surface area contributed by atoms with Crippen molar-refractivity contribution in [1.82, 2.24) is 9.88 Å². The van der Waals surface area contributed by atoms with E-state index >= 15 is 0 Å². The molecule has 0 spiro atoms. The van der Waals surface area contributed by atoms with Crippen LogP contribution in [0.25, 0.3) is 0 Å². The Hall–Kier alpha value is -2.73. The van der Waals surface area contributed by atoms with Crippen LogP contribution in [-0.2, 0) is 11.3 Å². The molecule has 6 heteroatoms. The lowest BCUT2D eigenvalue weighted by Crippen LogP contribution is -2.53. The number of nitrogens with zero attached hydrogens (tertiary/aromatic N) is 2. The highest BCUT2D eigenvalue weighted by atomic mass is 16.2. The Labute approximate surface area is 190 Å². The maximum absolute atomic E-state index is 13.5. The van der Waals surface area contributed by atoms with Crippen LogP contribution in [0, 0.1) is 5.92 Å². The molecule has 4 rings (SSSR count). The predicted molar refractivity (Wildman–Crippen MR) is 126 cm³/mol. The number of benzene rings is 1. The fraction of sp³-hybridized carbons (Fsp3) is 0.500. The van der Waals surface area contributed by atoms with Crippen molar-refractivity contribution in [2.75, 3.05) is 5.32 Å². The van der Waals surface area contributed by atoms with E-state index in [1.807, 2.05) is 24.3 Å². The average Bonchev–Trinajstić information content (AvgIpc) is 2.85.